The molecule has 7 heteroatoms. The number of nitrogens with zero attached hydrogens (tertiary/aromatic N) is 3. The Bertz CT molecular complexity index is 912. The van der Waals surface area contributed by atoms with Gasteiger partial charge in [0.25, 0.3) is 0 Å². The highest BCUT2D eigenvalue weighted by molar-refractivity contribution is 5.78. The summed E-state index contributed by atoms with van der Waals surface area (Å²) in [7, 11) is 0. The first kappa shape index (κ1) is 17.6. The van der Waals surface area contributed by atoms with E-state index in [0.717, 1.165) is 41.0 Å². The van der Waals surface area contributed by atoms with Crippen molar-refractivity contribution in [2.75, 3.05) is 37.0 Å². The predicted molar refractivity (Wildman–Crippen MR) is 105 cm³/mol. The molecule has 0 spiro atoms. The molecule has 1 saturated heterocycles. The monoisotopic (exact) mass is 365 g/mol. The van der Waals surface area contributed by atoms with Crippen molar-refractivity contribution in [3.63, 3.8) is 0 Å². The fourth-order valence-electron chi connectivity index (χ4n) is 3.19. The quantitative estimate of drug-likeness (QED) is 0.592. The molecule has 1 aliphatic heterocycles. The third-order valence-electron chi connectivity index (χ3n) is 4.61. The molecule has 1 aliphatic rings. The standard InChI is InChI=1S/C20H23N5O2/c26-7-6-21-20-24-18(16-5-8-27-13-16)10-19(25-20)23-12-14-9-15-3-1-2-4-17(15)22-11-14/h1-4,9-11,16,26H,5-8,12-13H2,(H2,21,23,24,25). The zero-order valence-corrected chi connectivity index (χ0v) is 15.1. The van der Waals surface area contributed by atoms with Gasteiger partial charge in [-0.2, -0.15) is 4.98 Å². The lowest BCUT2D eigenvalue weighted by molar-refractivity contribution is 0.193. The predicted octanol–water partition coefficient (Wildman–Crippen LogP) is 2.55. The summed E-state index contributed by atoms with van der Waals surface area (Å²) in [4.78, 5) is 13.6. The molecule has 4 rings (SSSR count). The molecule has 0 aliphatic carbocycles. The number of pyridine rings is 1. The first-order valence-corrected chi connectivity index (χ1v) is 9.21. The van der Waals surface area contributed by atoms with Crippen LogP contribution in [0.3, 0.4) is 0 Å². The zero-order chi connectivity index (χ0) is 18.5. The Morgan fingerprint density at radius 3 is 2.93 bits per heavy atom. The second-order valence-corrected chi connectivity index (χ2v) is 6.60. The number of aliphatic hydroxyl groups is 1. The highest BCUT2D eigenvalue weighted by Gasteiger charge is 2.20. The van der Waals surface area contributed by atoms with E-state index < -0.39 is 0 Å². The van der Waals surface area contributed by atoms with E-state index in [1.165, 1.54) is 0 Å². The Morgan fingerprint density at radius 1 is 1.15 bits per heavy atom. The van der Waals surface area contributed by atoms with Gasteiger partial charge in [0.1, 0.15) is 5.82 Å². The number of fused-ring (bicyclic) bond motifs is 1. The molecule has 140 valence electrons. The Labute approximate surface area is 157 Å². The van der Waals surface area contributed by atoms with Gasteiger partial charge in [-0.1, -0.05) is 18.2 Å². The molecule has 0 bridgehead atoms. The number of rotatable bonds is 7. The number of ether oxygens (including phenoxy) is 1. The van der Waals surface area contributed by atoms with Crippen LogP contribution in [0.25, 0.3) is 10.9 Å². The summed E-state index contributed by atoms with van der Waals surface area (Å²) in [6.07, 6.45) is 2.84. The average Bonchev–Trinajstić information content (AvgIpc) is 3.25. The van der Waals surface area contributed by atoms with Gasteiger partial charge < -0.3 is 20.5 Å². The number of hydrogen-bond acceptors (Lipinski definition) is 7. The van der Waals surface area contributed by atoms with Crippen molar-refractivity contribution in [2.24, 2.45) is 0 Å². The number of para-hydroxylation sites is 1. The van der Waals surface area contributed by atoms with Crippen molar-refractivity contribution in [3.8, 4) is 0 Å². The maximum atomic E-state index is 9.06. The van der Waals surface area contributed by atoms with Crippen LogP contribution in [-0.4, -0.2) is 46.4 Å². The van der Waals surface area contributed by atoms with Crippen LogP contribution in [0.15, 0.2) is 42.6 Å². The van der Waals surface area contributed by atoms with E-state index in [9.17, 15) is 0 Å². The molecular weight excluding hydrogens is 342 g/mol. The zero-order valence-electron chi connectivity index (χ0n) is 15.1. The number of aliphatic hydroxyl groups excluding tert-OH is 1. The molecule has 1 aromatic carbocycles. The maximum absolute atomic E-state index is 9.06. The Hall–Kier alpha value is -2.77. The first-order chi connectivity index (χ1) is 13.3. The topological polar surface area (TPSA) is 92.2 Å². The summed E-state index contributed by atoms with van der Waals surface area (Å²) >= 11 is 0. The molecule has 3 heterocycles. The summed E-state index contributed by atoms with van der Waals surface area (Å²) in [5, 5.41) is 16.6. The van der Waals surface area contributed by atoms with Crippen LogP contribution in [0, 0.1) is 0 Å². The lowest BCUT2D eigenvalue weighted by atomic mass is 10.0. The van der Waals surface area contributed by atoms with E-state index in [2.05, 4.69) is 37.7 Å². The number of nitrogens with one attached hydrogen (secondary N) is 2. The second-order valence-electron chi connectivity index (χ2n) is 6.60. The third kappa shape index (κ3) is 4.32. The SMILES string of the molecule is OCCNc1nc(NCc2cnc3ccccc3c2)cc(C2CCOC2)n1. The molecule has 27 heavy (non-hydrogen) atoms. The molecule has 1 fully saturated rings. The fourth-order valence-corrected chi connectivity index (χ4v) is 3.19. The lowest BCUT2D eigenvalue weighted by Crippen LogP contribution is -2.13. The maximum Gasteiger partial charge on any atom is 0.224 e. The minimum atomic E-state index is 0.0334. The highest BCUT2D eigenvalue weighted by Crippen LogP contribution is 2.26. The number of anilines is 2. The van der Waals surface area contributed by atoms with Crippen molar-refractivity contribution in [1.82, 2.24) is 15.0 Å². The molecule has 1 atom stereocenters. The Balaban J connectivity index is 1.52. The summed E-state index contributed by atoms with van der Waals surface area (Å²) in [5.41, 5.74) is 3.03. The molecule has 3 aromatic rings. The summed E-state index contributed by atoms with van der Waals surface area (Å²) < 4.78 is 5.49. The van der Waals surface area contributed by atoms with Crippen molar-refractivity contribution in [2.45, 2.75) is 18.9 Å². The van der Waals surface area contributed by atoms with Gasteiger partial charge in [0.2, 0.25) is 5.95 Å². The smallest absolute Gasteiger partial charge is 0.224 e. The van der Waals surface area contributed by atoms with Gasteiger partial charge >= 0.3 is 0 Å². The van der Waals surface area contributed by atoms with Crippen LogP contribution in [0.5, 0.6) is 0 Å². The summed E-state index contributed by atoms with van der Waals surface area (Å²) in [5.74, 6) is 1.55. The van der Waals surface area contributed by atoms with Crippen molar-refractivity contribution in [3.05, 3.63) is 53.9 Å². The van der Waals surface area contributed by atoms with E-state index in [-0.39, 0.29) is 12.5 Å². The van der Waals surface area contributed by atoms with E-state index in [4.69, 9.17) is 9.84 Å². The van der Waals surface area contributed by atoms with Gasteiger partial charge in [0.05, 0.1) is 24.4 Å². The minimum absolute atomic E-state index is 0.0334. The molecule has 2 aromatic heterocycles. The molecule has 0 radical (unpaired) electrons. The Morgan fingerprint density at radius 2 is 2.07 bits per heavy atom. The number of benzene rings is 1. The molecule has 0 amide bonds. The summed E-state index contributed by atoms with van der Waals surface area (Å²) in [6.45, 7) is 2.52. The van der Waals surface area contributed by atoms with Gasteiger partial charge in [0, 0.05) is 43.3 Å². The minimum Gasteiger partial charge on any atom is -0.395 e. The van der Waals surface area contributed by atoms with Gasteiger partial charge in [-0.05, 0) is 24.1 Å². The number of aromatic nitrogens is 3. The van der Waals surface area contributed by atoms with Gasteiger partial charge in [0.15, 0.2) is 0 Å². The van der Waals surface area contributed by atoms with E-state index in [0.29, 0.717) is 25.6 Å². The van der Waals surface area contributed by atoms with Crippen molar-refractivity contribution < 1.29 is 9.84 Å². The number of hydrogen-bond donors (Lipinski definition) is 3. The van der Waals surface area contributed by atoms with Gasteiger partial charge in [-0.25, -0.2) is 4.98 Å². The highest BCUT2D eigenvalue weighted by atomic mass is 16.5. The Kier molecular flexibility index (Phi) is 5.41. The van der Waals surface area contributed by atoms with Crippen LogP contribution >= 0.6 is 0 Å². The van der Waals surface area contributed by atoms with Crippen LogP contribution < -0.4 is 10.6 Å². The summed E-state index contributed by atoms with van der Waals surface area (Å²) in [6, 6.07) is 12.2. The van der Waals surface area contributed by atoms with E-state index in [1.54, 1.807) is 0 Å². The third-order valence-corrected chi connectivity index (χ3v) is 4.61. The van der Waals surface area contributed by atoms with E-state index in [1.807, 2.05) is 30.5 Å². The van der Waals surface area contributed by atoms with Gasteiger partial charge in [-0.15, -0.1) is 0 Å². The fraction of sp³-hybridized carbons (Fsp3) is 0.350. The molecule has 7 nitrogen and oxygen atoms in total. The molecular formula is C20H23N5O2. The van der Waals surface area contributed by atoms with Crippen molar-refractivity contribution in [1.29, 1.82) is 0 Å². The first-order valence-electron chi connectivity index (χ1n) is 9.21. The van der Waals surface area contributed by atoms with Gasteiger partial charge in [-0.3, -0.25) is 4.98 Å². The van der Waals surface area contributed by atoms with Crippen LogP contribution in [-0.2, 0) is 11.3 Å². The average molecular weight is 365 g/mol. The van der Waals surface area contributed by atoms with Crippen LogP contribution in [0.2, 0.25) is 0 Å². The van der Waals surface area contributed by atoms with Crippen LogP contribution in [0.4, 0.5) is 11.8 Å². The largest absolute Gasteiger partial charge is 0.395 e. The normalized spacial score (nSPS) is 16.6. The second kappa shape index (κ2) is 8.28. The molecule has 3 N–H and O–H groups in total. The molecule has 1 unspecified atom stereocenters. The lowest BCUT2D eigenvalue weighted by Gasteiger charge is -2.13. The van der Waals surface area contributed by atoms with Crippen molar-refractivity contribution >= 4 is 22.7 Å². The molecule has 0 saturated carbocycles. The van der Waals surface area contributed by atoms with E-state index >= 15 is 0 Å². The van der Waals surface area contributed by atoms with Crippen LogP contribution in [0.1, 0.15) is 23.6 Å².